The summed E-state index contributed by atoms with van der Waals surface area (Å²) in [6.07, 6.45) is 0. The third-order valence-corrected chi connectivity index (χ3v) is 1.56. The van der Waals surface area contributed by atoms with Crippen LogP contribution in [0.2, 0.25) is 0 Å². The zero-order valence-electron chi connectivity index (χ0n) is 8.59. The summed E-state index contributed by atoms with van der Waals surface area (Å²) in [7, 11) is 1.58. The highest BCUT2D eigenvalue weighted by molar-refractivity contribution is 5.39. The average molecular weight is 191 g/mol. The predicted molar refractivity (Wildman–Crippen MR) is 55.3 cm³/mol. The van der Waals surface area contributed by atoms with E-state index < -0.39 is 0 Å². The fourth-order valence-electron chi connectivity index (χ4n) is 0.959. The van der Waals surface area contributed by atoms with Gasteiger partial charge in [0.15, 0.2) is 0 Å². The van der Waals surface area contributed by atoms with Crippen LogP contribution in [0.5, 0.6) is 5.88 Å². The van der Waals surface area contributed by atoms with Crippen LogP contribution in [0, 0.1) is 18.8 Å². The molecule has 0 saturated carbocycles. The molecule has 0 fully saturated rings. The summed E-state index contributed by atoms with van der Waals surface area (Å²) >= 11 is 0. The first-order chi connectivity index (χ1) is 6.76. The maximum Gasteiger partial charge on any atom is 0.218 e. The Bertz CT molecular complexity index is 365. The van der Waals surface area contributed by atoms with Gasteiger partial charge in [-0.05, 0) is 13.8 Å². The number of hydrogen-bond donors (Lipinski definition) is 1. The first kappa shape index (κ1) is 10.3. The summed E-state index contributed by atoms with van der Waals surface area (Å²) in [6, 6.07) is 1.74. The number of methoxy groups -OCH3 is 1. The number of hydrogen-bond acceptors (Lipinski definition) is 4. The lowest BCUT2D eigenvalue weighted by Gasteiger charge is -2.04. The Kier molecular flexibility index (Phi) is 3.74. The fourth-order valence-corrected chi connectivity index (χ4v) is 0.959. The largest absolute Gasteiger partial charge is 0.481 e. The summed E-state index contributed by atoms with van der Waals surface area (Å²) in [5, 5.41) is 3.06. The van der Waals surface area contributed by atoms with E-state index >= 15 is 0 Å². The third-order valence-electron chi connectivity index (χ3n) is 1.56. The van der Waals surface area contributed by atoms with Crippen LogP contribution in [0.25, 0.3) is 0 Å². The van der Waals surface area contributed by atoms with E-state index in [1.807, 2.05) is 6.92 Å². The fraction of sp³-hybridized carbons (Fsp3) is 0.400. The second kappa shape index (κ2) is 5.07. The molecule has 0 saturated heterocycles. The van der Waals surface area contributed by atoms with Crippen molar-refractivity contribution in [3.8, 4) is 17.7 Å². The van der Waals surface area contributed by atoms with E-state index in [4.69, 9.17) is 4.74 Å². The van der Waals surface area contributed by atoms with E-state index in [9.17, 15) is 0 Å². The number of nitrogens with one attached hydrogen (secondary N) is 1. The topological polar surface area (TPSA) is 47.0 Å². The van der Waals surface area contributed by atoms with Crippen LogP contribution in [0.4, 0.5) is 5.82 Å². The number of aromatic nitrogens is 2. The molecule has 1 heterocycles. The van der Waals surface area contributed by atoms with Gasteiger partial charge >= 0.3 is 0 Å². The Labute approximate surface area is 83.7 Å². The van der Waals surface area contributed by atoms with E-state index in [-0.39, 0.29) is 0 Å². The predicted octanol–water partition coefficient (Wildman–Crippen LogP) is 1.23. The second-order valence-corrected chi connectivity index (χ2v) is 2.62. The van der Waals surface area contributed by atoms with Gasteiger partial charge in [0, 0.05) is 6.07 Å². The summed E-state index contributed by atoms with van der Waals surface area (Å²) in [5.41, 5.74) is 0. The van der Waals surface area contributed by atoms with E-state index in [0.29, 0.717) is 18.2 Å². The normalized spacial score (nSPS) is 8.79. The van der Waals surface area contributed by atoms with Crippen LogP contribution in [-0.2, 0) is 0 Å². The minimum absolute atomic E-state index is 0.560. The highest BCUT2D eigenvalue weighted by atomic mass is 16.5. The molecule has 0 radical (unpaired) electrons. The van der Waals surface area contributed by atoms with Crippen LogP contribution in [0.15, 0.2) is 6.07 Å². The maximum atomic E-state index is 5.01. The Morgan fingerprint density at radius 2 is 2.29 bits per heavy atom. The van der Waals surface area contributed by atoms with Crippen molar-refractivity contribution in [1.82, 2.24) is 9.97 Å². The molecule has 4 heteroatoms. The number of aryl methyl sites for hydroxylation is 1. The molecule has 0 atom stereocenters. The quantitative estimate of drug-likeness (QED) is 0.730. The molecule has 1 rings (SSSR count). The lowest BCUT2D eigenvalue weighted by Crippen LogP contribution is -2.03. The summed E-state index contributed by atoms with van der Waals surface area (Å²) in [6.45, 7) is 4.20. The van der Waals surface area contributed by atoms with Crippen molar-refractivity contribution in [2.24, 2.45) is 0 Å². The molecule has 0 aliphatic heterocycles. The van der Waals surface area contributed by atoms with E-state index in [0.717, 1.165) is 5.82 Å². The van der Waals surface area contributed by atoms with Crippen molar-refractivity contribution in [3.05, 3.63) is 11.9 Å². The van der Waals surface area contributed by atoms with Crippen LogP contribution >= 0.6 is 0 Å². The number of nitrogens with zero attached hydrogens (tertiary/aromatic N) is 2. The SMILES string of the molecule is CC#CCNc1cc(OC)nc(C)n1. The van der Waals surface area contributed by atoms with Gasteiger partial charge in [0.1, 0.15) is 11.6 Å². The van der Waals surface area contributed by atoms with Gasteiger partial charge < -0.3 is 10.1 Å². The number of ether oxygens (including phenoxy) is 1. The van der Waals surface area contributed by atoms with Gasteiger partial charge in [0.2, 0.25) is 5.88 Å². The van der Waals surface area contributed by atoms with Gasteiger partial charge in [-0.1, -0.05) is 5.92 Å². The van der Waals surface area contributed by atoms with Crippen LogP contribution in [0.3, 0.4) is 0 Å². The lowest BCUT2D eigenvalue weighted by molar-refractivity contribution is 0.396. The molecule has 0 unspecified atom stereocenters. The molecule has 0 aliphatic rings. The molecule has 4 nitrogen and oxygen atoms in total. The Hall–Kier alpha value is -1.76. The van der Waals surface area contributed by atoms with Gasteiger partial charge in [-0.15, -0.1) is 5.92 Å². The van der Waals surface area contributed by atoms with Crippen LogP contribution in [-0.4, -0.2) is 23.6 Å². The maximum absolute atomic E-state index is 5.01. The van der Waals surface area contributed by atoms with E-state index in [1.165, 1.54) is 0 Å². The molecule has 14 heavy (non-hydrogen) atoms. The van der Waals surface area contributed by atoms with Crippen molar-refractivity contribution < 1.29 is 4.74 Å². The highest BCUT2D eigenvalue weighted by Crippen LogP contribution is 2.11. The van der Waals surface area contributed by atoms with Crippen molar-refractivity contribution in [3.63, 3.8) is 0 Å². The summed E-state index contributed by atoms with van der Waals surface area (Å²) in [5.74, 6) is 7.66. The van der Waals surface area contributed by atoms with Gasteiger partial charge in [0.05, 0.1) is 13.7 Å². The second-order valence-electron chi connectivity index (χ2n) is 2.62. The molecular weight excluding hydrogens is 178 g/mol. The van der Waals surface area contributed by atoms with Gasteiger partial charge in [-0.2, -0.15) is 4.98 Å². The minimum Gasteiger partial charge on any atom is -0.481 e. The standard InChI is InChI=1S/C10H13N3O/c1-4-5-6-11-9-7-10(14-3)13-8(2)12-9/h7H,6H2,1-3H3,(H,11,12,13). The molecule has 0 aliphatic carbocycles. The molecule has 1 aromatic rings. The van der Waals surface area contributed by atoms with Crippen molar-refractivity contribution in [2.45, 2.75) is 13.8 Å². The number of anilines is 1. The zero-order valence-corrected chi connectivity index (χ0v) is 8.59. The average Bonchev–Trinajstić information content (AvgIpc) is 2.17. The minimum atomic E-state index is 0.560. The molecule has 0 aromatic carbocycles. The van der Waals surface area contributed by atoms with Crippen LogP contribution < -0.4 is 10.1 Å². The van der Waals surface area contributed by atoms with Gasteiger partial charge in [-0.3, -0.25) is 0 Å². The van der Waals surface area contributed by atoms with Crippen molar-refractivity contribution in [2.75, 3.05) is 19.0 Å². The molecule has 0 bridgehead atoms. The first-order valence-electron chi connectivity index (χ1n) is 4.29. The molecule has 74 valence electrons. The number of rotatable bonds is 3. The Morgan fingerprint density at radius 1 is 1.50 bits per heavy atom. The van der Waals surface area contributed by atoms with Crippen molar-refractivity contribution in [1.29, 1.82) is 0 Å². The third kappa shape index (κ3) is 2.94. The summed E-state index contributed by atoms with van der Waals surface area (Å²) < 4.78 is 5.01. The molecule has 0 amide bonds. The first-order valence-corrected chi connectivity index (χ1v) is 4.29. The smallest absolute Gasteiger partial charge is 0.218 e. The Morgan fingerprint density at radius 3 is 2.93 bits per heavy atom. The van der Waals surface area contributed by atoms with Crippen LogP contribution in [0.1, 0.15) is 12.7 Å². The van der Waals surface area contributed by atoms with Gasteiger partial charge in [-0.25, -0.2) is 4.98 Å². The van der Waals surface area contributed by atoms with E-state index in [1.54, 1.807) is 20.1 Å². The van der Waals surface area contributed by atoms with E-state index in [2.05, 4.69) is 27.1 Å². The molecule has 1 aromatic heterocycles. The molecular formula is C10H13N3O. The highest BCUT2D eigenvalue weighted by Gasteiger charge is 1.99. The van der Waals surface area contributed by atoms with Gasteiger partial charge in [0.25, 0.3) is 0 Å². The molecule has 1 N–H and O–H groups in total. The lowest BCUT2D eigenvalue weighted by atomic mass is 10.5. The Balaban J connectivity index is 2.74. The summed E-state index contributed by atoms with van der Waals surface area (Å²) in [4.78, 5) is 8.25. The monoisotopic (exact) mass is 191 g/mol. The van der Waals surface area contributed by atoms with Crippen molar-refractivity contribution >= 4 is 5.82 Å². The molecule has 0 spiro atoms. The zero-order chi connectivity index (χ0) is 10.4.